The third kappa shape index (κ3) is 4.50. The molecule has 3 N–H and O–H groups in total. The number of carbonyl (C=O) groups excluding carboxylic acids is 1. The molecule has 0 aromatic heterocycles. The van der Waals surface area contributed by atoms with E-state index in [0.717, 1.165) is 12.8 Å². The van der Waals surface area contributed by atoms with Crippen molar-refractivity contribution in [1.29, 1.82) is 0 Å². The maximum Gasteiger partial charge on any atom is 0.407 e. The van der Waals surface area contributed by atoms with Crippen molar-refractivity contribution >= 4 is 12.2 Å². The quantitative estimate of drug-likeness (QED) is 0.687. The SMILES string of the molecule is CC(C)(CCCC1(C)CNC(=O)O1)NC(=O)O. The summed E-state index contributed by atoms with van der Waals surface area (Å²) in [5, 5.41) is 13.7. The Hall–Kier alpha value is -1.46. The fraction of sp³-hybridized carbons (Fsp3) is 0.818. The van der Waals surface area contributed by atoms with Crippen LogP contribution in [0.3, 0.4) is 0 Å². The molecule has 0 bridgehead atoms. The van der Waals surface area contributed by atoms with Gasteiger partial charge in [-0.15, -0.1) is 0 Å². The topological polar surface area (TPSA) is 87.7 Å². The Balaban J connectivity index is 2.32. The monoisotopic (exact) mass is 244 g/mol. The summed E-state index contributed by atoms with van der Waals surface area (Å²) in [6, 6.07) is 0. The third-order valence-corrected chi connectivity index (χ3v) is 2.90. The molecular formula is C11H20N2O4. The number of amides is 2. The molecule has 1 aliphatic heterocycles. The van der Waals surface area contributed by atoms with E-state index in [9.17, 15) is 9.59 Å². The van der Waals surface area contributed by atoms with Crippen LogP contribution in [0.25, 0.3) is 0 Å². The molecule has 0 radical (unpaired) electrons. The van der Waals surface area contributed by atoms with Gasteiger partial charge in [-0.25, -0.2) is 9.59 Å². The number of ether oxygens (including phenoxy) is 1. The Morgan fingerprint density at radius 2 is 2.29 bits per heavy atom. The molecule has 1 rings (SSSR count). The lowest BCUT2D eigenvalue weighted by Crippen LogP contribution is -2.43. The molecule has 6 nitrogen and oxygen atoms in total. The van der Waals surface area contributed by atoms with Crippen LogP contribution < -0.4 is 10.6 Å². The summed E-state index contributed by atoms with van der Waals surface area (Å²) in [5.41, 5.74) is -0.922. The first-order valence-corrected chi connectivity index (χ1v) is 5.70. The van der Waals surface area contributed by atoms with Gasteiger partial charge in [0.15, 0.2) is 0 Å². The molecule has 1 unspecified atom stereocenters. The van der Waals surface area contributed by atoms with Crippen molar-refractivity contribution in [3.05, 3.63) is 0 Å². The fourth-order valence-electron chi connectivity index (χ4n) is 1.95. The largest absolute Gasteiger partial charge is 0.465 e. The summed E-state index contributed by atoms with van der Waals surface area (Å²) in [7, 11) is 0. The molecule has 17 heavy (non-hydrogen) atoms. The summed E-state index contributed by atoms with van der Waals surface area (Å²) in [6.07, 6.45) is 0.812. The Morgan fingerprint density at radius 3 is 2.76 bits per heavy atom. The Morgan fingerprint density at radius 1 is 1.65 bits per heavy atom. The zero-order valence-corrected chi connectivity index (χ0v) is 10.5. The third-order valence-electron chi connectivity index (χ3n) is 2.90. The van der Waals surface area contributed by atoms with E-state index in [1.165, 1.54) is 0 Å². The van der Waals surface area contributed by atoms with Crippen LogP contribution in [-0.2, 0) is 4.74 Å². The van der Waals surface area contributed by atoms with E-state index in [4.69, 9.17) is 9.84 Å². The van der Waals surface area contributed by atoms with Gasteiger partial charge in [0.25, 0.3) is 0 Å². The van der Waals surface area contributed by atoms with Crippen molar-refractivity contribution in [3.8, 4) is 0 Å². The van der Waals surface area contributed by atoms with Crippen LogP contribution in [-0.4, -0.2) is 35.0 Å². The predicted molar refractivity (Wildman–Crippen MR) is 62.0 cm³/mol. The number of alkyl carbamates (subject to hydrolysis) is 1. The highest BCUT2D eigenvalue weighted by Crippen LogP contribution is 2.24. The average molecular weight is 244 g/mol. The van der Waals surface area contributed by atoms with E-state index in [0.29, 0.717) is 13.0 Å². The van der Waals surface area contributed by atoms with Crippen LogP contribution in [0.15, 0.2) is 0 Å². The molecule has 0 aromatic carbocycles. The van der Waals surface area contributed by atoms with Crippen molar-refractivity contribution in [2.45, 2.75) is 51.2 Å². The fourth-order valence-corrected chi connectivity index (χ4v) is 1.95. The van der Waals surface area contributed by atoms with E-state index in [1.54, 1.807) is 0 Å². The molecule has 0 aromatic rings. The molecule has 2 amide bonds. The molecule has 0 saturated carbocycles. The van der Waals surface area contributed by atoms with Crippen LogP contribution in [0.4, 0.5) is 9.59 Å². The van der Waals surface area contributed by atoms with Gasteiger partial charge in [-0.1, -0.05) is 0 Å². The van der Waals surface area contributed by atoms with Crippen LogP contribution in [0.5, 0.6) is 0 Å². The minimum Gasteiger partial charge on any atom is -0.465 e. The number of cyclic esters (lactones) is 1. The average Bonchev–Trinajstić information content (AvgIpc) is 2.43. The van der Waals surface area contributed by atoms with Gasteiger partial charge in [-0.05, 0) is 40.0 Å². The second-order valence-corrected chi connectivity index (χ2v) is 5.36. The zero-order chi connectivity index (χ0) is 13.1. The Kier molecular flexibility index (Phi) is 3.85. The summed E-state index contributed by atoms with van der Waals surface area (Å²) >= 11 is 0. The summed E-state index contributed by atoms with van der Waals surface area (Å²) in [5.74, 6) is 0. The molecule has 1 aliphatic rings. The first kappa shape index (κ1) is 13.6. The molecule has 1 heterocycles. The van der Waals surface area contributed by atoms with Crippen LogP contribution in [0.1, 0.15) is 40.0 Å². The van der Waals surface area contributed by atoms with Crippen LogP contribution in [0.2, 0.25) is 0 Å². The first-order valence-electron chi connectivity index (χ1n) is 5.70. The maximum absolute atomic E-state index is 10.9. The molecule has 0 aliphatic carbocycles. The predicted octanol–water partition coefficient (Wildman–Crippen LogP) is 1.70. The van der Waals surface area contributed by atoms with Gasteiger partial charge in [0.05, 0.1) is 6.54 Å². The smallest absolute Gasteiger partial charge is 0.407 e. The minimum absolute atomic E-state index is 0.379. The highest BCUT2D eigenvalue weighted by atomic mass is 16.6. The molecule has 0 spiro atoms. The van der Waals surface area contributed by atoms with Crippen molar-refractivity contribution in [2.24, 2.45) is 0 Å². The van der Waals surface area contributed by atoms with Gasteiger partial charge in [-0.2, -0.15) is 0 Å². The van der Waals surface area contributed by atoms with Crippen LogP contribution >= 0.6 is 0 Å². The highest BCUT2D eigenvalue weighted by molar-refractivity contribution is 5.70. The van der Waals surface area contributed by atoms with Gasteiger partial charge in [0, 0.05) is 5.54 Å². The Labute approximate surface area is 101 Å². The maximum atomic E-state index is 10.9. The first-order chi connectivity index (χ1) is 7.72. The lowest BCUT2D eigenvalue weighted by Gasteiger charge is -2.27. The number of rotatable bonds is 5. The van der Waals surface area contributed by atoms with Crippen LogP contribution in [0, 0.1) is 0 Å². The second-order valence-electron chi connectivity index (χ2n) is 5.36. The van der Waals surface area contributed by atoms with E-state index in [2.05, 4.69) is 10.6 Å². The van der Waals surface area contributed by atoms with E-state index in [-0.39, 0.29) is 6.09 Å². The standard InChI is InChI=1S/C11H20N2O4/c1-10(2,13-8(14)15)5-4-6-11(3)7-12-9(16)17-11/h13H,4-7H2,1-3H3,(H,12,16)(H,14,15). The van der Waals surface area contributed by atoms with Crippen molar-refractivity contribution in [3.63, 3.8) is 0 Å². The molecule has 1 saturated heterocycles. The molecule has 6 heteroatoms. The van der Waals surface area contributed by atoms with Crippen molar-refractivity contribution in [1.82, 2.24) is 10.6 Å². The molecular weight excluding hydrogens is 224 g/mol. The van der Waals surface area contributed by atoms with Crippen molar-refractivity contribution < 1.29 is 19.4 Å². The zero-order valence-electron chi connectivity index (χ0n) is 10.5. The number of hydrogen-bond acceptors (Lipinski definition) is 3. The molecule has 98 valence electrons. The number of hydrogen-bond donors (Lipinski definition) is 3. The summed E-state index contributed by atoms with van der Waals surface area (Å²) in [4.78, 5) is 21.5. The number of carbonyl (C=O) groups is 2. The van der Waals surface area contributed by atoms with Crippen molar-refractivity contribution in [2.75, 3.05) is 6.54 Å². The van der Waals surface area contributed by atoms with Gasteiger partial charge in [-0.3, -0.25) is 0 Å². The van der Waals surface area contributed by atoms with Gasteiger partial charge >= 0.3 is 12.2 Å². The summed E-state index contributed by atoms with van der Waals surface area (Å²) in [6.45, 7) is 6.06. The lowest BCUT2D eigenvalue weighted by molar-refractivity contribution is 0.0615. The van der Waals surface area contributed by atoms with E-state index in [1.807, 2.05) is 20.8 Å². The lowest BCUT2D eigenvalue weighted by atomic mass is 9.92. The summed E-state index contributed by atoms with van der Waals surface area (Å²) < 4.78 is 5.16. The van der Waals surface area contributed by atoms with Gasteiger partial charge in [0.1, 0.15) is 5.60 Å². The normalized spacial score (nSPS) is 24.1. The second kappa shape index (κ2) is 4.81. The Bertz CT molecular complexity index is 317. The molecule has 1 fully saturated rings. The van der Waals surface area contributed by atoms with Gasteiger partial charge < -0.3 is 20.5 Å². The minimum atomic E-state index is -1.02. The van der Waals surface area contributed by atoms with Gasteiger partial charge in [0.2, 0.25) is 0 Å². The van der Waals surface area contributed by atoms with E-state index < -0.39 is 17.2 Å². The number of carboxylic acid groups (broad SMARTS) is 1. The molecule has 1 atom stereocenters. The number of nitrogens with one attached hydrogen (secondary N) is 2. The van der Waals surface area contributed by atoms with E-state index >= 15 is 0 Å². The highest BCUT2D eigenvalue weighted by Gasteiger charge is 2.35.